The second-order valence-corrected chi connectivity index (χ2v) is 6.63. The number of aryl methyl sites for hydroxylation is 1. The average molecular weight is 293 g/mol. The number of hydrogen-bond donors (Lipinski definition) is 2. The monoisotopic (exact) mass is 293 g/mol. The van der Waals surface area contributed by atoms with Crippen molar-refractivity contribution in [2.24, 2.45) is 0 Å². The molecule has 108 valence electrons. The summed E-state index contributed by atoms with van der Waals surface area (Å²) in [5.41, 5.74) is 3.22. The molecule has 0 fully saturated rings. The van der Waals surface area contributed by atoms with Gasteiger partial charge in [-0.15, -0.1) is 0 Å². The van der Waals surface area contributed by atoms with Gasteiger partial charge in [0.2, 0.25) is 10.0 Å². The number of nitrogens with zero attached hydrogens (tertiary/aromatic N) is 1. The van der Waals surface area contributed by atoms with Crippen LogP contribution in [0.25, 0.3) is 11.3 Å². The van der Waals surface area contributed by atoms with E-state index in [4.69, 9.17) is 0 Å². The number of rotatable bonds is 6. The van der Waals surface area contributed by atoms with Crippen molar-refractivity contribution in [2.75, 3.05) is 10.5 Å². The molecule has 20 heavy (non-hydrogen) atoms. The predicted octanol–water partition coefficient (Wildman–Crippen LogP) is 2.93. The van der Waals surface area contributed by atoms with Crippen LogP contribution in [0.3, 0.4) is 0 Å². The normalized spacial score (nSPS) is 11.5. The molecule has 2 N–H and O–H groups in total. The van der Waals surface area contributed by atoms with Gasteiger partial charge in [-0.2, -0.15) is 5.10 Å². The van der Waals surface area contributed by atoms with Crippen LogP contribution in [-0.4, -0.2) is 24.4 Å². The van der Waals surface area contributed by atoms with E-state index in [9.17, 15) is 8.42 Å². The summed E-state index contributed by atoms with van der Waals surface area (Å²) in [6.45, 7) is 3.89. The molecule has 0 aliphatic rings. The smallest absolute Gasteiger partial charge is 0.232 e. The fourth-order valence-corrected chi connectivity index (χ4v) is 3.13. The number of hydrogen-bond acceptors (Lipinski definition) is 3. The lowest BCUT2D eigenvalue weighted by molar-refractivity contribution is 0.598. The van der Waals surface area contributed by atoms with Crippen LogP contribution in [0.1, 0.15) is 25.5 Å². The van der Waals surface area contributed by atoms with Crippen molar-refractivity contribution in [3.8, 4) is 11.3 Å². The van der Waals surface area contributed by atoms with Crippen molar-refractivity contribution in [3.05, 3.63) is 36.0 Å². The number of nitrogens with one attached hydrogen (secondary N) is 2. The number of aromatic amines is 1. The lowest BCUT2D eigenvalue weighted by atomic mass is 10.1. The van der Waals surface area contributed by atoms with Crippen molar-refractivity contribution >= 4 is 15.7 Å². The molecule has 1 aromatic carbocycles. The molecular formula is C14H19N3O2S. The van der Waals surface area contributed by atoms with E-state index in [1.165, 1.54) is 0 Å². The van der Waals surface area contributed by atoms with E-state index >= 15 is 0 Å². The molecule has 5 nitrogen and oxygen atoms in total. The summed E-state index contributed by atoms with van der Waals surface area (Å²) in [5, 5.41) is 7.05. The summed E-state index contributed by atoms with van der Waals surface area (Å²) in [6, 6.07) is 9.17. The Morgan fingerprint density at radius 1 is 1.30 bits per heavy atom. The molecule has 0 amide bonds. The van der Waals surface area contributed by atoms with Gasteiger partial charge in [0, 0.05) is 16.9 Å². The standard InChI is InChI=1S/C14H19N3O2S/c1-3-4-8-20(18,19)17-13-7-5-6-12(10-13)14-9-11(2)15-16-14/h5-7,9-10,17H,3-4,8H2,1-2H3,(H,15,16). The van der Waals surface area contributed by atoms with Gasteiger partial charge in [-0.3, -0.25) is 9.82 Å². The Bertz CT molecular complexity index is 677. The van der Waals surface area contributed by atoms with Crippen LogP contribution in [0, 0.1) is 6.92 Å². The maximum Gasteiger partial charge on any atom is 0.232 e. The third-order valence-corrected chi connectivity index (χ3v) is 4.28. The Kier molecular flexibility index (Phi) is 4.44. The topological polar surface area (TPSA) is 74.8 Å². The summed E-state index contributed by atoms with van der Waals surface area (Å²) < 4.78 is 26.4. The van der Waals surface area contributed by atoms with E-state index in [0.29, 0.717) is 12.1 Å². The fourth-order valence-electron chi connectivity index (χ4n) is 1.87. The zero-order valence-corrected chi connectivity index (χ0v) is 12.5. The van der Waals surface area contributed by atoms with Crippen molar-refractivity contribution in [2.45, 2.75) is 26.7 Å². The van der Waals surface area contributed by atoms with Crippen LogP contribution in [-0.2, 0) is 10.0 Å². The summed E-state index contributed by atoms with van der Waals surface area (Å²) in [5.74, 6) is 0.148. The summed E-state index contributed by atoms with van der Waals surface area (Å²) in [7, 11) is -3.27. The number of sulfonamides is 1. The maximum absolute atomic E-state index is 11.9. The van der Waals surface area contributed by atoms with Crippen molar-refractivity contribution in [1.82, 2.24) is 10.2 Å². The van der Waals surface area contributed by atoms with Crippen LogP contribution in [0.4, 0.5) is 5.69 Å². The van der Waals surface area contributed by atoms with Crippen LogP contribution >= 0.6 is 0 Å². The lowest BCUT2D eigenvalue weighted by Gasteiger charge is -2.08. The van der Waals surface area contributed by atoms with Crippen LogP contribution < -0.4 is 4.72 Å². The number of aromatic nitrogens is 2. The molecule has 0 bridgehead atoms. The minimum atomic E-state index is -3.27. The van der Waals surface area contributed by atoms with Crippen LogP contribution in [0.15, 0.2) is 30.3 Å². The molecule has 0 unspecified atom stereocenters. The minimum absolute atomic E-state index is 0.148. The number of anilines is 1. The van der Waals surface area contributed by atoms with Gasteiger partial charge in [-0.05, 0) is 31.5 Å². The van der Waals surface area contributed by atoms with Gasteiger partial charge in [0.1, 0.15) is 0 Å². The highest BCUT2D eigenvalue weighted by molar-refractivity contribution is 7.92. The molecule has 0 aliphatic carbocycles. The Hall–Kier alpha value is -1.82. The first-order valence-corrected chi connectivity index (χ1v) is 8.28. The molecule has 0 saturated carbocycles. The zero-order chi connectivity index (χ0) is 14.6. The first kappa shape index (κ1) is 14.6. The lowest BCUT2D eigenvalue weighted by Crippen LogP contribution is -2.16. The molecule has 0 aliphatic heterocycles. The number of unbranched alkanes of at least 4 members (excludes halogenated alkanes) is 1. The average Bonchev–Trinajstić information content (AvgIpc) is 2.83. The van der Waals surface area contributed by atoms with Gasteiger partial charge in [0.25, 0.3) is 0 Å². The molecule has 6 heteroatoms. The fraction of sp³-hybridized carbons (Fsp3) is 0.357. The van der Waals surface area contributed by atoms with Crippen molar-refractivity contribution in [3.63, 3.8) is 0 Å². The third-order valence-electron chi connectivity index (χ3n) is 2.90. The highest BCUT2D eigenvalue weighted by atomic mass is 32.2. The highest BCUT2D eigenvalue weighted by Crippen LogP contribution is 2.22. The van der Waals surface area contributed by atoms with Crippen LogP contribution in [0.5, 0.6) is 0 Å². The number of benzene rings is 1. The molecule has 1 aromatic heterocycles. The first-order chi connectivity index (χ1) is 9.50. The largest absolute Gasteiger partial charge is 0.284 e. The zero-order valence-electron chi connectivity index (χ0n) is 11.7. The molecule has 2 aromatic rings. The third kappa shape index (κ3) is 3.84. The van der Waals surface area contributed by atoms with Gasteiger partial charge in [0.15, 0.2) is 0 Å². The minimum Gasteiger partial charge on any atom is -0.284 e. The summed E-state index contributed by atoms with van der Waals surface area (Å²) in [4.78, 5) is 0. The molecule has 2 rings (SSSR count). The second-order valence-electron chi connectivity index (χ2n) is 4.79. The molecule has 1 heterocycles. The van der Waals surface area contributed by atoms with Crippen molar-refractivity contribution in [1.29, 1.82) is 0 Å². The van der Waals surface area contributed by atoms with E-state index in [-0.39, 0.29) is 5.75 Å². The van der Waals surface area contributed by atoms with E-state index in [0.717, 1.165) is 23.4 Å². The first-order valence-electron chi connectivity index (χ1n) is 6.63. The molecule has 0 saturated heterocycles. The van der Waals surface area contributed by atoms with E-state index in [2.05, 4.69) is 14.9 Å². The highest BCUT2D eigenvalue weighted by Gasteiger charge is 2.10. The van der Waals surface area contributed by atoms with Gasteiger partial charge in [-0.25, -0.2) is 8.42 Å². The van der Waals surface area contributed by atoms with E-state index in [1.54, 1.807) is 12.1 Å². The molecule has 0 spiro atoms. The van der Waals surface area contributed by atoms with Gasteiger partial charge >= 0.3 is 0 Å². The van der Waals surface area contributed by atoms with E-state index < -0.39 is 10.0 Å². The Balaban J connectivity index is 2.18. The summed E-state index contributed by atoms with van der Waals surface area (Å²) >= 11 is 0. The SMILES string of the molecule is CCCCS(=O)(=O)Nc1cccc(-c2cc(C)[nH]n2)c1. The van der Waals surface area contributed by atoms with Gasteiger partial charge in [-0.1, -0.05) is 25.5 Å². The molecule has 0 radical (unpaired) electrons. The Morgan fingerprint density at radius 2 is 2.10 bits per heavy atom. The quantitative estimate of drug-likeness (QED) is 0.860. The van der Waals surface area contributed by atoms with Gasteiger partial charge in [0.05, 0.1) is 11.4 Å². The predicted molar refractivity (Wildman–Crippen MR) is 81.1 cm³/mol. The Labute approximate surface area is 119 Å². The molecular weight excluding hydrogens is 274 g/mol. The summed E-state index contributed by atoms with van der Waals surface area (Å²) in [6.07, 6.45) is 1.51. The number of H-pyrrole nitrogens is 1. The second kappa shape index (κ2) is 6.09. The van der Waals surface area contributed by atoms with Gasteiger partial charge < -0.3 is 0 Å². The van der Waals surface area contributed by atoms with E-state index in [1.807, 2.05) is 32.0 Å². The maximum atomic E-state index is 11.9. The Morgan fingerprint density at radius 3 is 2.75 bits per heavy atom. The van der Waals surface area contributed by atoms with Crippen molar-refractivity contribution < 1.29 is 8.42 Å². The molecule has 0 atom stereocenters. The van der Waals surface area contributed by atoms with Crippen LogP contribution in [0.2, 0.25) is 0 Å².